The Morgan fingerprint density at radius 3 is 2.57 bits per heavy atom. The largest absolute Gasteiger partial charge is 0.481 e. The highest BCUT2D eigenvalue weighted by atomic mass is 32.1. The maximum absolute atomic E-state index is 11.0. The molecule has 0 radical (unpaired) electrons. The monoisotopic (exact) mass is 312 g/mol. The van der Waals surface area contributed by atoms with Crippen LogP contribution in [-0.4, -0.2) is 33.3 Å². The average molecular weight is 312 g/mol. The summed E-state index contributed by atoms with van der Waals surface area (Å²) >= 11 is 1.68. The Morgan fingerprint density at radius 2 is 2.10 bits per heavy atom. The fraction of sp³-hybridized carbons (Fsp3) is 0.733. The molecule has 1 fully saturated rings. The van der Waals surface area contributed by atoms with E-state index in [2.05, 4.69) is 17.2 Å². The van der Waals surface area contributed by atoms with Crippen molar-refractivity contribution in [3.63, 3.8) is 0 Å². The van der Waals surface area contributed by atoms with Gasteiger partial charge in [0.25, 0.3) is 0 Å². The van der Waals surface area contributed by atoms with Crippen LogP contribution in [0.1, 0.15) is 54.2 Å². The molecule has 1 aliphatic carbocycles. The SMILES string of the molecule is Cc1nc(C)c(C(C)NCC2(O)CCC(C(=O)O)CC2)s1. The first-order valence-electron chi connectivity index (χ1n) is 7.43. The predicted octanol–water partition coefficient (Wildman–Crippen LogP) is 2.42. The van der Waals surface area contributed by atoms with E-state index in [0.717, 1.165) is 10.7 Å². The third-order valence-electron chi connectivity index (χ3n) is 4.34. The van der Waals surface area contributed by atoms with Crippen LogP contribution in [0, 0.1) is 19.8 Å². The summed E-state index contributed by atoms with van der Waals surface area (Å²) in [6.45, 7) is 6.57. The maximum atomic E-state index is 11.0. The average Bonchev–Trinajstić information content (AvgIpc) is 2.76. The van der Waals surface area contributed by atoms with Crippen LogP contribution in [0.4, 0.5) is 0 Å². The van der Waals surface area contributed by atoms with Gasteiger partial charge in [-0.2, -0.15) is 0 Å². The van der Waals surface area contributed by atoms with Crippen LogP contribution in [0.5, 0.6) is 0 Å². The fourth-order valence-corrected chi connectivity index (χ4v) is 3.92. The number of thiazole rings is 1. The molecule has 118 valence electrons. The topological polar surface area (TPSA) is 82.5 Å². The number of aliphatic carboxylic acids is 1. The van der Waals surface area contributed by atoms with Gasteiger partial charge in [-0.25, -0.2) is 4.98 Å². The van der Waals surface area contributed by atoms with Crippen molar-refractivity contribution in [2.24, 2.45) is 5.92 Å². The highest BCUT2D eigenvalue weighted by Crippen LogP contribution is 2.33. The zero-order valence-corrected chi connectivity index (χ0v) is 13.7. The van der Waals surface area contributed by atoms with Crippen molar-refractivity contribution in [3.8, 4) is 0 Å². The summed E-state index contributed by atoms with van der Waals surface area (Å²) in [5.41, 5.74) is 0.257. The minimum atomic E-state index is -0.784. The zero-order valence-electron chi connectivity index (χ0n) is 12.8. The molecule has 2 rings (SSSR count). The predicted molar refractivity (Wildman–Crippen MR) is 82.5 cm³/mol. The van der Waals surface area contributed by atoms with Crippen molar-refractivity contribution in [2.75, 3.05) is 6.54 Å². The number of hydrogen-bond acceptors (Lipinski definition) is 5. The van der Waals surface area contributed by atoms with Crippen molar-refractivity contribution >= 4 is 17.3 Å². The second kappa shape index (κ2) is 6.42. The Labute approximate surface area is 129 Å². The molecule has 0 amide bonds. The van der Waals surface area contributed by atoms with Crippen LogP contribution in [0.3, 0.4) is 0 Å². The number of aromatic nitrogens is 1. The first kappa shape index (κ1) is 16.4. The molecule has 1 saturated carbocycles. The third kappa shape index (κ3) is 4.02. The Morgan fingerprint density at radius 1 is 1.48 bits per heavy atom. The molecule has 0 saturated heterocycles. The minimum Gasteiger partial charge on any atom is -0.481 e. The maximum Gasteiger partial charge on any atom is 0.306 e. The summed E-state index contributed by atoms with van der Waals surface area (Å²) in [6, 6.07) is 0.150. The molecule has 0 spiro atoms. The zero-order chi connectivity index (χ0) is 15.6. The van der Waals surface area contributed by atoms with E-state index in [9.17, 15) is 9.90 Å². The lowest BCUT2D eigenvalue weighted by Crippen LogP contribution is -2.45. The van der Waals surface area contributed by atoms with Gasteiger partial charge in [-0.1, -0.05) is 0 Å². The number of rotatable bonds is 5. The molecule has 0 aromatic carbocycles. The number of nitrogens with zero attached hydrogens (tertiary/aromatic N) is 1. The van der Waals surface area contributed by atoms with Gasteiger partial charge in [0.1, 0.15) is 0 Å². The van der Waals surface area contributed by atoms with Gasteiger partial charge in [-0.3, -0.25) is 4.79 Å². The van der Waals surface area contributed by atoms with E-state index in [1.807, 2.05) is 13.8 Å². The molecular formula is C15H24N2O3S. The van der Waals surface area contributed by atoms with E-state index >= 15 is 0 Å². The first-order valence-corrected chi connectivity index (χ1v) is 8.25. The summed E-state index contributed by atoms with van der Waals surface area (Å²) in [4.78, 5) is 16.6. The smallest absolute Gasteiger partial charge is 0.306 e. The number of carboxylic acids is 1. The Balaban J connectivity index is 1.88. The summed E-state index contributed by atoms with van der Waals surface area (Å²) in [5.74, 6) is -1.04. The third-order valence-corrected chi connectivity index (χ3v) is 5.59. The van der Waals surface area contributed by atoms with Crippen LogP contribution >= 0.6 is 11.3 Å². The molecule has 1 aromatic heterocycles. The van der Waals surface area contributed by atoms with Gasteiger partial charge in [0, 0.05) is 17.5 Å². The molecule has 6 heteroatoms. The number of aliphatic hydroxyl groups is 1. The van der Waals surface area contributed by atoms with E-state index in [0.29, 0.717) is 32.2 Å². The molecule has 3 N–H and O–H groups in total. The molecule has 1 atom stereocenters. The van der Waals surface area contributed by atoms with E-state index in [-0.39, 0.29) is 12.0 Å². The Hall–Kier alpha value is -0.980. The van der Waals surface area contributed by atoms with Gasteiger partial charge in [0.15, 0.2) is 0 Å². The highest BCUT2D eigenvalue weighted by Gasteiger charge is 2.35. The summed E-state index contributed by atoms with van der Waals surface area (Å²) in [7, 11) is 0. The second-order valence-corrected chi connectivity index (χ2v) is 7.36. The van der Waals surface area contributed by atoms with Crippen LogP contribution in [0.25, 0.3) is 0 Å². The summed E-state index contributed by atoms with van der Waals surface area (Å²) in [6.07, 6.45) is 2.20. The van der Waals surface area contributed by atoms with E-state index in [4.69, 9.17) is 5.11 Å². The standard InChI is InChI=1S/C15H24N2O3S/c1-9(13-10(2)17-11(3)21-13)16-8-15(20)6-4-12(5-7-15)14(18)19/h9,12,16,20H,4-8H2,1-3H3,(H,18,19). The Bertz CT molecular complexity index is 507. The quantitative estimate of drug-likeness (QED) is 0.778. The number of carbonyl (C=O) groups is 1. The second-order valence-electron chi connectivity index (χ2n) is 6.12. The van der Waals surface area contributed by atoms with Crippen molar-refractivity contribution in [1.82, 2.24) is 10.3 Å². The molecule has 0 bridgehead atoms. The van der Waals surface area contributed by atoms with Gasteiger partial charge >= 0.3 is 5.97 Å². The van der Waals surface area contributed by atoms with Crippen molar-refractivity contribution in [3.05, 3.63) is 15.6 Å². The van der Waals surface area contributed by atoms with Gasteiger partial charge in [0.2, 0.25) is 0 Å². The van der Waals surface area contributed by atoms with Crippen molar-refractivity contribution < 1.29 is 15.0 Å². The number of carboxylic acid groups (broad SMARTS) is 1. The van der Waals surface area contributed by atoms with Crippen LogP contribution in [0.2, 0.25) is 0 Å². The highest BCUT2D eigenvalue weighted by molar-refractivity contribution is 7.11. The van der Waals surface area contributed by atoms with Crippen molar-refractivity contribution in [1.29, 1.82) is 0 Å². The molecular weight excluding hydrogens is 288 g/mol. The normalized spacial score (nSPS) is 27.5. The lowest BCUT2D eigenvalue weighted by molar-refractivity contribution is -0.144. The van der Waals surface area contributed by atoms with Gasteiger partial charge in [-0.15, -0.1) is 11.3 Å². The molecule has 21 heavy (non-hydrogen) atoms. The van der Waals surface area contributed by atoms with E-state index < -0.39 is 11.6 Å². The molecule has 1 heterocycles. The van der Waals surface area contributed by atoms with Gasteiger partial charge in [-0.05, 0) is 46.5 Å². The van der Waals surface area contributed by atoms with Crippen LogP contribution in [0.15, 0.2) is 0 Å². The molecule has 0 aliphatic heterocycles. The first-order chi connectivity index (χ1) is 9.81. The number of nitrogens with one attached hydrogen (secondary N) is 1. The lowest BCUT2D eigenvalue weighted by atomic mass is 9.78. The Kier molecular flexibility index (Phi) is 5.01. The molecule has 1 aliphatic rings. The molecule has 5 nitrogen and oxygen atoms in total. The summed E-state index contributed by atoms with van der Waals surface area (Å²) in [5, 5.41) is 24.0. The number of aryl methyl sites for hydroxylation is 2. The van der Waals surface area contributed by atoms with Crippen LogP contribution in [-0.2, 0) is 4.79 Å². The lowest BCUT2D eigenvalue weighted by Gasteiger charge is -2.35. The van der Waals surface area contributed by atoms with Crippen molar-refractivity contribution in [2.45, 2.75) is 58.1 Å². The van der Waals surface area contributed by atoms with Crippen LogP contribution < -0.4 is 5.32 Å². The van der Waals surface area contributed by atoms with E-state index in [1.54, 1.807) is 11.3 Å². The van der Waals surface area contributed by atoms with E-state index in [1.165, 1.54) is 4.88 Å². The minimum absolute atomic E-state index is 0.150. The molecule has 1 aromatic rings. The molecule has 1 unspecified atom stereocenters. The fourth-order valence-electron chi connectivity index (χ4n) is 2.96. The summed E-state index contributed by atoms with van der Waals surface area (Å²) < 4.78 is 0. The van der Waals surface area contributed by atoms with Gasteiger partial charge in [0.05, 0.1) is 22.2 Å². The van der Waals surface area contributed by atoms with Gasteiger partial charge < -0.3 is 15.5 Å². The number of hydrogen-bond donors (Lipinski definition) is 3.